The number of hydrazone groups is 1. The summed E-state index contributed by atoms with van der Waals surface area (Å²) in [6.45, 7) is 4.15. The molecule has 0 unspecified atom stereocenters. The number of hydrogen-bond donors (Lipinski definition) is 2. The molecule has 3 N–H and O–H groups in total. The fraction of sp³-hybridized carbons (Fsp3) is 0.143. The maximum absolute atomic E-state index is 5.34. The van der Waals surface area contributed by atoms with E-state index in [2.05, 4.69) is 69.7 Å². The molecule has 4 nitrogen and oxygen atoms in total. The van der Waals surface area contributed by atoms with Gasteiger partial charge in [0.1, 0.15) is 0 Å². The molecule has 104 valence electrons. The number of para-hydroxylation sites is 1. The van der Waals surface area contributed by atoms with Crippen molar-refractivity contribution in [3.8, 4) is 5.69 Å². The Morgan fingerprint density at radius 1 is 1.40 bits per heavy atom. The van der Waals surface area contributed by atoms with Crippen LogP contribution in [-0.2, 0) is 0 Å². The largest absolute Gasteiger partial charge is 0.375 e. The summed E-state index contributed by atoms with van der Waals surface area (Å²) in [5.74, 6) is 0. The highest BCUT2D eigenvalue weighted by atomic mass is 127. The van der Waals surface area contributed by atoms with Crippen LogP contribution >= 0.6 is 34.8 Å². The van der Waals surface area contributed by atoms with Crippen LogP contribution in [0.25, 0.3) is 5.69 Å². The monoisotopic (exact) mass is 398 g/mol. The van der Waals surface area contributed by atoms with Gasteiger partial charge in [-0.05, 0) is 66.9 Å². The van der Waals surface area contributed by atoms with Crippen molar-refractivity contribution in [2.75, 3.05) is 0 Å². The summed E-state index contributed by atoms with van der Waals surface area (Å²) < 4.78 is 3.42. The lowest BCUT2D eigenvalue weighted by Crippen LogP contribution is -2.24. The minimum Gasteiger partial charge on any atom is -0.375 e. The Labute approximate surface area is 137 Å². The minimum absolute atomic E-state index is 0.160. The van der Waals surface area contributed by atoms with Crippen LogP contribution < -0.4 is 11.2 Å². The molecule has 0 atom stereocenters. The second kappa shape index (κ2) is 6.36. The van der Waals surface area contributed by atoms with Gasteiger partial charge in [-0.2, -0.15) is 5.10 Å². The van der Waals surface area contributed by atoms with E-state index in [0.29, 0.717) is 0 Å². The van der Waals surface area contributed by atoms with E-state index >= 15 is 0 Å². The first-order valence-electron chi connectivity index (χ1n) is 6.03. The van der Waals surface area contributed by atoms with Gasteiger partial charge in [0.2, 0.25) is 0 Å². The average Bonchev–Trinajstić information content (AvgIpc) is 2.65. The highest BCUT2D eigenvalue weighted by molar-refractivity contribution is 14.1. The summed E-state index contributed by atoms with van der Waals surface area (Å²) in [7, 11) is 0. The topological polar surface area (TPSA) is 55.3 Å². The average molecular weight is 398 g/mol. The van der Waals surface area contributed by atoms with Crippen LogP contribution in [0.4, 0.5) is 0 Å². The van der Waals surface area contributed by atoms with E-state index in [1.165, 1.54) is 9.26 Å². The number of rotatable bonds is 3. The van der Waals surface area contributed by atoms with E-state index in [-0.39, 0.29) is 5.11 Å². The Morgan fingerprint density at radius 2 is 2.10 bits per heavy atom. The maximum Gasteiger partial charge on any atom is 0.184 e. The second-order valence-electron chi connectivity index (χ2n) is 4.35. The van der Waals surface area contributed by atoms with E-state index in [4.69, 9.17) is 18.0 Å². The summed E-state index contributed by atoms with van der Waals surface area (Å²) in [5, 5.41) is 4.18. The Bertz CT molecular complexity index is 676. The quantitative estimate of drug-likeness (QED) is 0.362. The Kier molecular flexibility index (Phi) is 4.77. The van der Waals surface area contributed by atoms with Crippen molar-refractivity contribution < 1.29 is 0 Å². The molecule has 0 amide bonds. The van der Waals surface area contributed by atoms with Crippen molar-refractivity contribution in [1.82, 2.24) is 9.99 Å². The summed E-state index contributed by atoms with van der Waals surface area (Å²) in [4.78, 5) is 0. The van der Waals surface area contributed by atoms with E-state index in [1.54, 1.807) is 6.21 Å². The smallest absolute Gasteiger partial charge is 0.184 e. The lowest BCUT2D eigenvalue weighted by molar-refractivity contribution is 0.958. The van der Waals surface area contributed by atoms with Gasteiger partial charge in [-0.1, -0.05) is 12.1 Å². The third-order valence-corrected chi connectivity index (χ3v) is 3.95. The SMILES string of the molecule is Cc1cc(/C=N\NC(N)=S)c(C)n1-c1ccccc1I. The lowest BCUT2D eigenvalue weighted by atomic mass is 10.2. The van der Waals surface area contributed by atoms with E-state index in [0.717, 1.165) is 17.0 Å². The molecule has 0 saturated heterocycles. The van der Waals surface area contributed by atoms with E-state index < -0.39 is 0 Å². The first-order chi connectivity index (χ1) is 9.50. The third kappa shape index (κ3) is 3.18. The zero-order valence-electron chi connectivity index (χ0n) is 11.2. The van der Waals surface area contributed by atoms with Crippen molar-refractivity contribution in [3.05, 3.63) is 50.9 Å². The molecular weight excluding hydrogens is 383 g/mol. The normalized spacial score (nSPS) is 10.9. The predicted molar refractivity (Wildman–Crippen MR) is 95.5 cm³/mol. The molecule has 6 heteroatoms. The number of nitrogens with one attached hydrogen (secondary N) is 1. The molecule has 0 radical (unpaired) electrons. The molecule has 1 heterocycles. The van der Waals surface area contributed by atoms with E-state index in [9.17, 15) is 0 Å². The van der Waals surface area contributed by atoms with Crippen LogP contribution in [0.2, 0.25) is 0 Å². The van der Waals surface area contributed by atoms with Crippen LogP contribution in [0.1, 0.15) is 17.0 Å². The Hall–Kier alpha value is -1.41. The fourth-order valence-corrected chi connectivity index (χ4v) is 2.77. The van der Waals surface area contributed by atoms with Crippen molar-refractivity contribution in [1.29, 1.82) is 0 Å². The van der Waals surface area contributed by atoms with Crippen LogP contribution in [0.15, 0.2) is 35.4 Å². The van der Waals surface area contributed by atoms with Crippen LogP contribution in [0.5, 0.6) is 0 Å². The number of benzene rings is 1. The zero-order valence-corrected chi connectivity index (χ0v) is 14.2. The molecule has 0 spiro atoms. The number of nitrogens with zero attached hydrogens (tertiary/aromatic N) is 2. The van der Waals surface area contributed by atoms with Gasteiger partial charge in [0, 0.05) is 20.5 Å². The summed E-state index contributed by atoms with van der Waals surface area (Å²) >= 11 is 7.06. The van der Waals surface area contributed by atoms with Crippen LogP contribution in [-0.4, -0.2) is 15.9 Å². The number of thiocarbonyl (C=S) groups is 1. The number of aromatic nitrogens is 1. The first-order valence-corrected chi connectivity index (χ1v) is 7.51. The second-order valence-corrected chi connectivity index (χ2v) is 5.95. The maximum atomic E-state index is 5.34. The molecular formula is C14H15IN4S. The van der Waals surface area contributed by atoms with Gasteiger partial charge in [-0.3, -0.25) is 5.43 Å². The lowest BCUT2D eigenvalue weighted by Gasteiger charge is -2.11. The molecule has 0 fully saturated rings. The number of nitrogens with two attached hydrogens (primary N) is 1. The van der Waals surface area contributed by atoms with Gasteiger partial charge in [-0.15, -0.1) is 0 Å². The van der Waals surface area contributed by atoms with Gasteiger partial charge < -0.3 is 10.3 Å². The molecule has 20 heavy (non-hydrogen) atoms. The summed E-state index contributed by atoms with van der Waals surface area (Å²) in [5.41, 5.74) is 12.4. The fourth-order valence-electron chi connectivity index (χ4n) is 2.09. The van der Waals surface area contributed by atoms with Gasteiger partial charge in [0.25, 0.3) is 0 Å². The van der Waals surface area contributed by atoms with Gasteiger partial charge in [0.15, 0.2) is 5.11 Å². The van der Waals surface area contributed by atoms with Crippen molar-refractivity contribution in [2.24, 2.45) is 10.8 Å². The molecule has 0 aliphatic rings. The number of hydrogen-bond acceptors (Lipinski definition) is 2. The van der Waals surface area contributed by atoms with Crippen LogP contribution in [0.3, 0.4) is 0 Å². The number of halogens is 1. The van der Waals surface area contributed by atoms with E-state index in [1.807, 2.05) is 12.1 Å². The third-order valence-electron chi connectivity index (χ3n) is 2.94. The molecule has 2 aromatic rings. The standard InChI is InChI=1S/C14H15IN4S/c1-9-7-11(8-17-18-14(16)20)10(2)19(9)13-6-4-3-5-12(13)15/h3-8H,1-2H3,(H3,16,18,20)/b17-8-. The highest BCUT2D eigenvalue weighted by Crippen LogP contribution is 2.23. The molecule has 0 aliphatic heterocycles. The van der Waals surface area contributed by atoms with Crippen LogP contribution in [0, 0.1) is 17.4 Å². The number of aryl methyl sites for hydroxylation is 1. The Morgan fingerprint density at radius 3 is 2.75 bits per heavy atom. The van der Waals surface area contributed by atoms with Crippen molar-refractivity contribution >= 4 is 46.1 Å². The van der Waals surface area contributed by atoms with Crippen molar-refractivity contribution in [2.45, 2.75) is 13.8 Å². The molecule has 0 aliphatic carbocycles. The predicted octanol–water partition coefficient (Wildman–Crippen LogP) is 2.87. The molecule has 0 saturated carbocycles. The highest BCUT2D eigenvalue weighted by Gasteiger charge is 2.11. The van der Waals surface area contributed by atoms with Gasteiger partial charge in [-0.25, -0.2) is 0 Å². The molecule has 1 aromatic heterocycles. The first kappa shape index (κ1) is 15.0. The summed E-state index contributed by atoms with van der Waals surface area (Å²) in [6.07, 6.45) is 1.73. The minimum atomic E-state index is 0.160. The van der Waals surface area contributed by atoms with Gasteiger partial charge >= 0.3 is 0 Å². The summed E-state index contributed by atoms with van der Waals surface area (Å²) in [6, 6.07) is 10.4. The molecule has 0 bridgehead atoms. The van der Waals surface area contributed by atoms with Gasteiger partial charge in [0.05, 0.1) is 11.9 Å². The Balaban J connectivity index is 2.42. The van der Waals surface area contributed by atoms with Crippen molar-refractivity contribution in [3.63, 3.8) is 0 Å². The zero-order chi connectivity index (χ0) is 14.7. The molecule has 1 aromatic carbocycles. The molecule has 2 rings (SSSR count).